The van der Waals surface area contributed by atoms with Gasteiger partial charge in [0, 0.05) is 30.8 Å². The monoisotopic (exact) mass is 267 g/mol. The third-order valence-corrected chi connectivity index (χ3v) is 4.57. The van der Waals surface area contributed by atoms with Gasteiger partial charge in [0.2, 0.25) is 0 Å². The molecule has 1 unspecified atom stereocenters. The summed E-state index contributed by atoms with van der Waals surface area (Å²) in [5.41, 5.74) is 3.70. The van der Waals surface area contributed by atoms with Gasteiger partial charge in [0.05, 0.1) is 5.01 Å². The predicted molar refractivity (Wildman–Crippen MR) is 78.8 cm³/mol. The summed E-state index contributed by atoms with van der Waals surface area (Å²) in [7, 11) is 0. The number of rotatable bonds is 2. The number of aromatic nitrogens is 2. The molecule has 2 aromatic heterocycles. The molecule has 3 nitrogen and oxygen atoms in total. The molecule has 3 heterocycles. The lowest BCUT2D eigenvalue weighted by atomic mass is 9.98. The van der Waals surface area contributed by atoms with Gasteiger partial charge in [-0.25, -0.2) is 9.97 Å². The molecule has 0 amide bonds. The molecule has 1 aromatic carbocycles. The first-order chi connectivity index (χ1) is 9.40. The van der Waals surface area contributed by atoms with Crippen LogP contribution < -0.4 is 5.32 Å². The molecular formula is C15H13N3S. The largest absolute Gasteiger partial charge is 0.384 e. The maximum absolute atomic E-state index is 4.68. The maximum Gasteiger partial charge on any atom is 0.143 e. The molecule has 0 saturated heterocycles. The first kappa shape index (κ1) is 10.9. The fraction of sp³-hybridized carbons (Fsp3) is 0.200. The van der Waals surface area contributed by atoms with Crippen LogP contribution in [-0.2, 0) is 6.42 Å². The van der Waals surface area contributed by atoms with Crippen LogP contribution in [0.5, 0.6) is 0 Å². The van der Waals surface area contributed by atoms with Crippen LogP contribution in [0.1, 0.15) is 16.5 Å². The summed E-state index contributed by atoms with van der Waals surface area (Å²) in [5, 5.41) is 4.64. The number of benzene rings is 1. The number of nitrogens with zero attached hydrogens (tertiary/aromatic N) is 2. The fourth-order valence-electron chi connectivity index (χ4n) is 2.65. The lowest BCUT2D eigenvalue weighted by molar-refractivity contribution is 0.749. The van der Waals surface area contributed by atoms with Crippen LogP contribution in [0, 0.1) is 0 Å². The Labute approximate surface area is 115 Å². The van der Waals surface area contributed by atoms with Crippen molar-refractivity contribution in [1.29, 1.82) is 0 Å². The van der Waals surface area contributed by atoms with Gasteiger partial charge in [0.1, 0.15) is 10.3 Å². The van der Waals surface area contributed by atoms with Crippen molar-refractivity contribution in [2.75, 3.05) is 11.9 Å². The average Bonchev–Trinajstić information content (AvgIpc) is 3.03. The molecule has 3 aromatic rings. The van der Waals surface area contributed by atoms with Crippen LogP contribution in [0.2, 0.25) is 0 Å². The highest BCUT2D eigenvalue weighted by Crippen LogP contribution is 2.34. The number of thiazole rings is 1. The van der Waals surface area contributed by atoms with Crippen molar-refractivity contribution in [1.82, 2.24) is 9.97 Å². The van der Waals surface area contributed by atoms with E-state index in [0.717, 1.165) is 23.3 Å². The minimum absolute atomic E-state index is 0.525. The topological polar surface area (TPSA) is 37.8 Å². The predicted octanol–water partition coefficient (Wildman–Crippen LogP) is 3.44. The van der Waals surface area contributed by atoms with Crippen molar-refractivity contribution in [3.8, 4) is 0 Å². The van der Waals surface area contributed by atoms with Gasteiger partial charge in [-0.3, -0.25) is 0 Å². The minimum atomic E-state index is 0.525. The maximum atomic E-state index is 4.68. The van der Waals surface area contributed by atoms with Gasteiger partial charge in [0.25, 0.3) is 0 Å². The van der Waals surface area contributed by atoms with Gasteiger partial charge < -0.3 is 5.32 Å². The van der Waals surface area contributed by atoms with Crippen molar-refractivity contribution in [3.05, 3.63) is 53.2 Å². The SMILES string of the molecule is c1ccc2c(c1)NCC2Cc1nc2cccnc2s1. The van der Waals surface area contributed by atoms with E-state index in [-0.39, 0.29) is 0 Å². The molecule has 94 valence electrons. The Balaban J connectivity index is 1.65. The van der Waals surface area contributed by atoms with Crippen LogP contribution >= 0.6 is 11.3 Å². The second kappa shape index (κ2) is 4.31. The highest BCUT2D eigenvalue weighted by atomic mass is 32.1. The van der Waals surface area contributed by atoms with E-state index in [1.54, 1.807) is 11.3 Å². The molecule has 0 aliphatic carbocycles. The smallest absolute Gasteiger partial charge is 0.143 e. The van der Waals surface area contributed by atoms with Gasteiger partial charge in [0.15, 0.2) is 0 Å². The van der Waals surface area contributed by atoms with E-state index >= 15 is 0 Å². The Morgan fingerprint density at radius 1 is 1.21 bits per heavy atom. The van der Waals surface area contributed by atoms with Crippen molar-refractivity contribution < 1.29 is 0 Å². The number of fused-ring (bicyclic) bond motifs is 2. The average molecular weight is 267 g/mol. The molecule has 4 heteroatoms. The Morgan fingerprint density at radius 2 is 2.16 bits per heavy atom. The molecule has 0 radical (unpaired) electrons. The Bertz CT molecular complexity index is 702. The van der Waals surface area contributed by atoms with Crippen LogP contribution in [0.15, 0.2) is 42.6 Å². The summed E-state index contributed by atoms with van der Waals surface area (Å²) in [6.07, 6.45) is 2.82. The van der Waals surface area contributed by atoms with Crippen LogP contribution in [0.25, 0.3) is 10.3 Å². The lowest BCUT2D eigenvalue weighted by Crippen LogP contribution is -2.05. The third kappa shape index (κ3) is 1.88. The standard InChI is InChI=1S/C15H13N3S/c1-2-5-12-11(4-1)10(9-17-12)8-14-18-13-6-3-7-16-15(13)19-14/h1-7,10,17H,8-9H2. The van der Waals surface area contributed by atoms with Crippen molar-refractivity contribution in [3.63, 3.8) is 0 Å². The number of hydrogen-bond donors (Lipinski definition) is 1. The number of pyridine rings is 1. The molecule has 1 N–H and O–H groups in total. The molecule has 1 aliphatic rings. The highest BCUT2D eigenvalue weighted by Gasteiger charge is 2.23. The molecule has 4 rings (SSSR count). The van der Waals surface area contributed by atoms with Gasteiger partial charge in [-0.2, -0.15) is 0 Å². The number of anilines is 1. The van der Waals surface area contributed by atoms with Crippen LogP contribution in [0.3, 0.4) is 0 Å². The summed E-state index contributed by atoms with van der Waals surface area (Å²) in [6, 6.07) is 12.5. The Hall–Kier alpha value is -1.94. The second-order valence-electron chi connectivity index (χ2n) is 4.80. The number of nitrogens with one attached hydrogen (secondary N) is 1. The van der Waals surface area contributed by atoms with E-state index in [2.05, 4.69) is 39.6 Å². The molecule has 1 aliphatic heterocycles. The van der Waals surface area contributed by atoms with Gasteiger partial charge in [-0.1, -0.05) is 29.5 Å². The summed E-state index contributed by atoms with van der Waals surface area (Å²) in [4.78, 5) is 10.1. The zero-order chi connectivity index (χ0) is 12.7. The van der Waals surface area contributed by atoms with E-state index in [4.69, 9.17) is 0 Å². The molecule has 0 saturated carbocycles. The quantitative estimate of drug-likeness (QED) is 0.773. The van der Waals surface area contributed by atoms with E-state index in [1.807, 2.05) is 18.3 Å². The summed E-state index contributed by atoms with van der Waals surface area (Å²) < 4.78 is 0. The molecule has 19 heavy (non-hydrogen) atoms. The zero-order valence-corrected chi connectivity index (χ0v) is 11.2. The van der Waals surface area contributed by atoms with Crippen molar-refractivity contribution in [2.24, 2.45) is 0 Å². The van der Waals surface area contributed by atoms with E-state index < -0.39 is 0 Å². The molecule has 0 fully saturated rings. The molecular weight excluding hydrogens is 254 g/mol. The van der Waals surface area contributed by atoms with Crippen molar-refractivity contribution >= 4 is 27.4 Å². The third-order valence-electron chi connectivity index (χ3n) is 3.57. The van der Waals surface area contributed by atoms with Gasteiger partial charge in [-0.05, 0) is 23.8 Å². The summed E-state index contributed by atoms with van der Waals surface area (Å²) in [5.74, 6) is 0.525. The molecule has 1 atom stereocenters. The molecule has 0 bridgehead atoms. The van der Waals surface area contributed by atoms with Crippen LogP contribution in [0.4, 0.5) is 5.69 Å². The minimum Gasteiger partial charge on any atom is -0.384 e. The first-order valence-electron chi connectivity index (χ1n) is 6.43. The van der Waals surface area contributed by atoms with Gasteiger partial charge >= 0.3 is 0 Å². The fourth-order valence-corrected chi connectivity index (χ4v) is 3.64. The summed E-state index contributed by atoms with van der Waals surface area (Å²) in [6.45, 7) is 1.00. The van der Waals surface area contributed by atoms with E-state index in [0.29, 0.717) is 5.92 Å². The summed E-state index contributed by atoms with van der Waals surface area (Å²) >= 11 is 1.71. The second-order valence-corrected chi connectivity index (χ2v) is 5.87. The van der Waals surface area contributed by atoms with Crippen LogP contribution in [-0.4, -0.2) is 16.5 Å². The zero-order valence-electron chi connectivity index (χ0n) is 10.3. The highest BCUT2D eigenvalue weighted by molar-refractivity contribution is 7.18. The Morgan fingerprint density at radius 3 is 3.11 bits per heavy atom. The first-order valence-corrected chi connectivity index (χ1v) is 7.25. The molecule has 0 spiro atoms. The lowest BCUT2D eigenvalue weighted by Gasteiger charge is -2.06. The van der Waals surface area contributed by atoms with Gasteiger partial charge in [-0.15, -0.1) is 0 Å². The number of para-hydroxylation sites is 1. The number of hydrogen-bond acceptors (Lipinski definition) is 4. The normalized spacial score (nSPS) is 17.4. The van der Waals surface area contributed by atoms with E-state index in [9.17, 15) is 0 Å². The van der Waals surface area contributed by atoms with Crippen molar-refractivity contribution in [2.45, 2.75) is 12.3 Å². The Kier molecular flexibility index (Phi) is 2.48. The van der Waals surface area contributed by atoms with E-state index in [1.165, 1.54) is 16.3 Å².